The van der Waals surface area contributed by atoms with Crippen LogP contribution in [0.3, 0.4) is 0 Å². The van der Waals surface area contributed by atoms with E-state index in [9.17, 15) is 23.8 Å². The number of carbonyl (C=O) groups excluding carboxylic acids is 2. The molecule has 4 N–H and O–H groups in total. The molecule has 11 nitrogen and oxygen atoms in total. The van der Waals surface area contributed by atoms with Crippen molar-refractivity contribution in [3.63, 3.8) is 0 Å². The van der Waals surface area contributed by atoms with Gasteiger partial charge in [0.25, 0.3) is 5.91 Å². The van der Waals surface area contributed by atoms with Gasteiger partial charge in [0.2, 0.25) is 5.91 Å². The van der Waals surface area contributed by atoms with Crippen LogP contribution in [-0.4, -0.2) is 85.4 Å². The predicted octanol–water partition coefficient (Wildman–Crippen LogP) is 2.94. The van der Waals surface area contributed by atoms with Gasteiger partial charge < -0.3 is 14.8 Å². The Morgan fingerprint density at radius 3 is 2.49 bits per heavy atom. The van der Waals surface area contributed by atoms with Gasteiger partial charge in [-0.1, -0.05) is 23.4 Å². The molecule has 0 bridgehead atoms. The zero-order valence-corrected chi connectivity index (χ0v) is 22.3. The Balaban J connectivity index is 1.43. The Labute approximate surface area is 220 Å². The molecule has 2 aromatic rings. The molecule has 0 spiro atoms. The van der Waals surface area contributed by atoms with Crippen molar-refractivity contribution < 1.29 is 28.6 Å². The maximum atomic E-state index is 13.1. The van der Waals surface area contributed by atoms with Crippen molar-refractivity contribution in [3.8, 4) is 0 Å². The summed E-state index contributed by atoms with van der Waals surface area (Å²) in [7, 11) is -3.00. The molecule has 0 radical (unpaired) electrons. The SMILES string of the molecule is CC(=O)N1CCN(Cc2cnc(NC(=O)C(=NO[C@H](C)CO)c3ccc(S(O)(O)C4=CC4)cc3)s2)CC1. The molecule has 1 saturated heterocycles. The minimum absolute atomic E-state index is 0.0360. The van der Waals surface area contributed by atoms with Crippen LogP contribution >= 0.6 is 21.9 Å². The van der Waals surface area contributed by atoms with Crippen molar-refractivity contribution in [2.45, 2.75) is 37.8 Å². The van der Waals surface area contributed by atoms with Crippen LogP contribution in [0.15, 0.2) is 51.5 Å². The number of hydrogen-bond acceptors (Lipinski definition) is 10. The van der Waals surface area contributed by atoms with Crippen molar-refractivity contribution in [2.75, 3.05) is 38.1 Å². The largest absolute Gasteiger partial charge is 0.392 e. The number of aliphatic hydroxyl groups is 1. The van der Waals surface area contributed by atoms with E-state index in [-0.39, 0.29) is 18.2 Å². The molecular weight excluding hydrogens is 518 g/mol. The highest BCUT2D eigenvalue weighted by Crippen LogP contribution is 2.61. The van der Waals surface area contributed by atoms with E-state index in [1.807, 2.05) is 4.90 Å². The standard InChI is InChI=1S/C24H31N5O6S2/c1-16(15-30)35-27-22(18-3-5-20(6-4-18)37(33,34)21-7-8-21)23(32)26-24-25-13-19(36-24)14-28-9-11-29(12-10-28)17(2)31/h3-7,13,16,30,33-34H,8-12,14-15H2,1-2H3,(H,25,26,32)/t16-/m1/s1. The van der Waals surface area contributed by atoms with E-state index in [0.717, 1.165) is 18.0 Å². The van der Waals surface area contributed by atoms with Gasteiger partial charge >= 0.3 is 0 Å². The minimum Gasteiger partial charge on any atom is -0.392 e. The van der Waals surface area contributed by atoms with Crippen LogP contribution in [0.1, 0.15) is 30.7 Å². The number of allylic oxidation sites excluding steroid dienone is 2. The third-order valence-corrected chi connectivity index (χ3v) is 8.85. The number of thiazole rings is 1. The molecule has 4 rings (SSSR count). The maximum Gasteiger partial charge on any atom is 0.280 e. The number of aliphatic hydroxyl groups excluding tert-OH is 1. The number of benzene rings is 1. The van der Waals surface area contributed by atoms with Gasteiger partial charge in [0.15, 0.2) is 10.8 Å². The van der Waals surface area contributed by atoms with Gasteiger partial charge in [0.1, 0.15) is 6.10 Å². The highest BCUT2D eigenvalue weighted by molar-refractivity contribution is 8.27. The Bertz CT molecular complexity index is 1190. The van der Waals surface area contributed by atoms with Gasteiger partial charge in [-0.3, -0.25) is 28.9 Å². The number of piperazine rings is 1. The van der Waals surface area contributed by atoms with Gasteiger partial charge in [-0.25, -0.2) is 4.98 Å². The zero-order valence-electron chi connectivity index (χ0n) is 20.7. The van der Waals surface area contributed by atoms with Crippen molar-refractivity contribution in [3.05, 3.63) is 51.9 Å². The number of hydrogen-bond donors (Lipinski definition) is 4. The van der Waals surface area contributed by atoms with Crippen LogP contribution in [-0.2, 0) is 21.0 Å². The molecule has 1 aliphatic carbocycles. The summed E-state index contributed by atoms with van der Waals surface area (Å²) in [5.41, 5.74) is 0.373. The first kappa shape index (κ1) is 27.2. The molecular formula is C24H31N5O6S2. The summed E-state index contributed by atoms with van der Waals surface area (Å²) in [5.74, 6) is -0.467. The second kappa shape index (κ2) is 11.7. The normalized spacial score (nSPS) is 17.7. The second-order valence-corrected chi connectivity index (χ2v) is 12.1. The number of amides is 2. The predicted molar refractivity (Wildman–Crippen MR) is 143 cm³/mol. The molecule has 1 aliphatic heterocycles. The Kier molecular flexibility index (Phi) is 8.62. The average Bonchev–Trinajstić information content (AvgIpc) is 3.67. The highest BCUT2D eigenvalue weighted by Gasteiger charge is 2.28. The monoisotopic (exact) mass is 549 g/mol. The lowest BCUT2D eigenvalue weighted by Gasteiger charge is -2.33. The summed E-state index contributed by atoms with van der Waals surface area (Å²) in [5, 5.41) is 16.4. The van der Waals surface area contributed by atoms with E-state index in [4.69, 9.17) is 4.84 Å². The number of oxime groups is 1. The van der Waals surface area contributed by atoms with E-state index in [2.05, 4.69) is 20.4 Å². The molecule has 2 heterocycles. The van der Waals surface area contributed by atoms with Crippen molar-refractivity contribution in [2.24, 2.45) is 5.16 Å². The average molecular weight is 550 g/mol. The molecule has 0 saturated carbocycles. The molecule has 200 valence electrons. The Morgan fingerprint density at radius 2 is 1.89 bits per heavy atom. The van der Waals surface area contributed by atoms with Crippen molar-refractivity contribution >= 4 is 44.6 Å². The van der Waals surface area contributed by atoms with Gasteiger partial charge in [-0.05, 0) is 19.1 Å². The summed E-state index contributed by atoms with van der Waals surface area (Å²) in [4.78, 5) is 40.2. The molecule has 37 heavy (non-hydrogen) atoms. The van der Waals surface area contributed by atoms with Crippen LogP contribution in [0.5, 0.6) is 0 Å². The zero-order chi connectivity index (χ0) is 26.6. The lowest BCUT2D eigenvalue weighted by atomic mass is 10.1. The van der Waals surface area contributed by atoms with Crippen molar-refractivity contribution in [1.82, 2.24) is 14.8 Å². The number of nitrogens with one attached hydrogen (secondary N) is 1. The maximum absolute atomic E-state index is 13.1. The summed E-state index contributed by atoms with van der Waals surface area (Å²) in [6.07, 6.45) is 3.44. The molecule has 2 aliphatic rings. The number of anilines is 1. The molecule has 1 fully saturated rings. The lowest BCUT2D eigenvalue weighted by Crippen LogP contribution is -2.47. The fraction of sp³-hybridized carbons (Fsp3) is 0.417. The van der Waals surface area contributed by atoms with Gasteiger partial charge in [-0.2, -0.15) is 0 Å². The van der Waals surface area contributed by atoms with Crippen LogP contribution in [0.4, 0.5) is 5.13 Å². The topological polar surface area (TPSA) is 148 Å². The number of nitrogens with zero attached hydrogens (tertiary/aromatic N) is 4. The van der Waals surface area contributed by atoms with E-state index >= 15 is 0 Å². The first-order valence-corrected chi connectivity index (χ1v) is 14.2. The van der Waals surface area contributed by atoms with E-state index in [1.165, 1.54) is 11.3 Å². The Morgan fingerprint density at radius 1 is 1.22 bits per heavy atom. The van der Waals surface area contributed by atoms with Crippen LogP contribution in [0, 0.1) is 0 Å². The van der Waals surface area contributed by atoms with Crippen LogP contribution in [0.2, 0.25) is 0 Å². The molecule has 2 amide bonds. The van der Waals surface area contributed by atoms with E-state index in [0.29, 0.717) is 46.6 Å². The molecule has 0 unspecified atom stereocenters. The van der Waals surface area contributed by atoms with Gasteiger partial charge in [-0.15, -0.1) is 21.9 Å². The Hall–Kier alpha value is -2.81. The highest BCUT2D eigenvalue weighted by atomic mass is 32.3. The number of aromatic nitrogens is 1. The van der Waals surface area contributed by atoms with Gasteiger partial charge in [0.05, 0.1) is 11.5 Å². The van der Waals surface area contributed by atoms with Crippen LogP contribution < -0.4 is 5.32 Å². The van der Waals surface area contributed by atoms with Crippen LogP contribution in [0.25, 0.3) is 0 Å². The molecule has 1 aromatic heterocycles. The first-order valence-electron chi connectivity index (χ1n) is 11.8. The minimum atomic E-state index is -3.00. The number of carbonyl (C=O) groups is 2. The summed E-state index contributed by atoms with van der Waals surface area (Å²) < 4.78 is 20.8. The third-order valence-electron chi connectivity index (χ3n) is 5.96. The molecule has 13 heteroatoms. The third kappa shape index (κ3) is 6.94. The quantitative estimate of drug-likeness (QED) is 0.261. The lowest BCUT2D eigenvalue weighted by molar-refractivity contribution is -0.130. The summed E-state index contributed by atoms with van der Waals surface area (Å²) >= 11 is 1.35. The second-order valence-electron chi connectivity index (χ2n) is 8.85. The molecule has 1 aromatic carbocycles. The fourth-order valence-electron chi connectivity index (χ4n) is 3.67. The van der Waals surface area contributed by atoms with Gasteiger partial charge in [0, 0.05) is 67.6 Å². The first-order chi connectivity index (χ1) is 17.7. The van der Waals surface area contributed by atoms with E-state index in [1.54, 1.807) is 50.4 Å². The smallest absolute Gasteiger partial charge is 0.280 e. The summed E-state index contributed by atoms with van der Waals surface area (Å²) in [6.45, 7) is 6.51. The van der Waals surface area contributed by atoms with Crippen molar-refractivity contribution in [1.29, 1.82) is 0 Å². The fourth-order valence-corrected chi connectivity index (χ4v) is 5.88. The number of rotatable bonds is 10. The molecule has 1 atom stereocenters. The van der Waals surface area contributed by atoms with E-state index < -0.39 is 22.6 Å². The summed E-state index contributed by atoms with van der Waals surface area (Å²) in [6, 6.07) is 6.25.